The van der Waals surface area contributed by atoms with Crippen LogP contribution in [-0.2, 0) is 41.3 Å². The molecule has 0 amide bonds. The molecule has 3 aromatic carbocycles. The molecule has 2 atom stereocenters. The van der Waals surface area contributed by atoms with E-state index < -0.39 is 53.6 Å². The third-order valence-electron chi connectivity index (χ3n) is 12.2. The molecule has 58 heavy (non-hydrogen) atoms. The molecular formula is C44H52O14. The Morgan fingerprint density at radius 2 is 1.10 bits per heavy atom. The van der Waals surface area contributed by atoms with E-state index >= 15 is 0 Å². The second-order valence-corrected chi connectivity index (χ2v) is 15.9. The van der Waals surface area contributed by atoms with Crippen molar-refractivity contribution in [2.24, 2.45) is 5.92 Å². The number of benzene rings is 3. The zero-order valence-electron chi connectivity index (χ0n) is 33.9. The van der Waals surface area contributed by atoms with Crippen LogP contribution in [0.3, 0.4) is 0 Å². The van der Waals surface area contributed by atoms with Crippen LogP contribution < -0.4 is 19.9 Å². The van der Waals surface area contributed by atoms with Gasteiger partial charge in [0.25, 0.3) is 0 Å². The topological polar surface area (TPSA) is 194 Å². The molecule has 3 aromatic rings. The normalized spacial score (nSPS) is 20.5. The van der Waals surface area contributed by atoms with E-state index in [1.807, 2.05) is 0 Å². The van der Waals surface area contributed by atoms with E-state index in [0.29, 0.717) is 63.4 Å². The van der Waals surface area contributed by atoms with Crippen LogP contribution in [0.25, 0.3) is 33.1 Å². The summed E-state index contributed by atoms with van der Waals surface area (Å²) in [6.45, 7) is 3.40. The van der Waals surface area contributed by atoms with Crippen LogP contribution in [0.4, 0.5) is 4.79 Å². The summed E-state index contributed by atoms with van der Waals surface area (Å²) in [5.41, 5.74) is 0.612. The van der Waals surface area contributed by atoms with Gasteiger partial charge in [-0.15, -0.1) is 0 Å². The van der Waals surface area contributed by atoms with Gasteiger partial charge in [-0.25, -0.2) is 4.79 Å². The van der Waals surface area contributed by atoms with Crippen molar-refractivity contribution in [2.45, 2.75) is 122 Å². The number of hydrogen-bond donors (Lipinski definition) is 3. The smallest absolute Gasteiger partial charge is 0.504 e. The summed E-state index contributed by atoms with van der Waals surface area (Å²) < 4.78 is 41.0. The average molecular weight is 805 g/mol. The van der Waals surface area contributed by atoms with E-state index in [1.54, 1.807) is 13.8 Å². The fraction of sp³-hybridized carbons (Fsp3) is 0.545. The van der Waals surface area contributed by atoms with E-state index in [4.69, 9.17) is 33.2 Å². The Morgan fingerprint density at radius 3 is 1.55 bits per heavy atom. The Morgan fingerprint density at radius 1 is 0.638 bits per heavy atom. The summed E-state index contributed by atoms with van der Waals surface area (Å²) in [6, 6.07) is 0. The first kappa shape index (κ1) is 40.9. The molecule has 0 aliphatic heterocycles. The lowest BCUT2D eigenvalue weighted by atomic mass is 9.78. The lowest BCUT2D eigenvalue weighted by Gasteiger charge is -2.29. The van der Waals surface area contributed by atoms with Crippen LogP contribution in [0, 0.1) is 5.92 Å². The summed E-state index contributed by atoms with van der Waals surface area (Å²) >= 11 is 0. The van der Waals surface area contributed by atoms with Crippen LogP contribution in [0.2, 0.25) is 0 Å². The summed E-state index contributed by atoms with van der Waals surface area (Å²) in [4.78, 5) is 54.8. The summed E-state index contributed by atoms with van der Waals surface area (Å²) in [6.07, 6.45) is 2.50. The standard InChI is InChI=1S/C44H52O14/c1-20(56-43(50)22-10-8-7-9-11-22)16-25-31-32-26(17-21(2)57-44(51)58-24-14-12-23(45)13-15-24)42(55-6)40(49)34-28(47)19-30(53-4)36(38(32)34)35-29(52-3)18-27(46)33(37(31)35)39(48)41(25)54-5/h20-24,45,48-49H,7-19H2,1-6H3/t20-,21-,23?,24?/m1/s1. The molecule has 2 saturated carbocycles. The third kappa shape index (κ3) is 7.13. The van der Waals surface area contributed by atoms with Gasteiger partial charge in [0.2, 0.25) is 0 Å². The Labute approximate surface area is 335 Å². The third-order valence-corrected chi connectivity index (χ3v) is 12.2. The van der Waals surface area contributed by atoms with Gasteiger partial charge in [-0.05, 0) is 63.1 Å². The Hall–Kier alpha value is -5.24. The van der Waals surface area contributed by atoms with Crippen molar-refractivity contribution in [3.8, 4) is 23.0 Å². The van der Waals surface area contributed by atoms with Gasteiger partial charge in [-0.1, -0.05) is 19.3 Å². The number of aliphatic hydroxyl groups is 1. The molecule has 0 saturated heterocycles. The maximum absolute atomic E-state index is 14.1. The predicted octanol–water partition coefficient (Wildman–Crippen LogP) is 5.55. The number of carbonyl (C=O) groups excluding carboxylic acids is 4. The van der Waals surface area contributed by atoms with Gasteiger partial charge in [0.15, 0.2) is 34.6 Å². The van der Waals surface area contributed by atoms with Crippen molar-refractivity contribution in [3.63, 3.8) is 0 Å². The number of ketones is 2. The number of phenols is 2. The molecule has 312 valence electrons. The van der Waals surface area contributed by atoms with Gasteiger partial charge in [-0.2, -0.15) is 0 Å². The number of carbonyl (C=O) groups is 4. The maximum atomic E-state index is 14.1. The van der Waals surface area contributed by atoms with Crippen LogP contribution in [0.1, 0.15) is 116 Å². The molecule has 4 aliphatic rings. The fourth-order valence-corrected chi connectivity index (χ4v) is 9.54. The Balaban J connectivity index is 1.53. The number of rotatable bonds is 12. The summed E-state index contributed by atoms with van der Waals surface area (Å²) in [7, 11) is 5.57. The van der Waals surface area contributed by atoms with Crippen LogP contribution >= 0.6 is 0 Å². The second kappa shape index (κ2) is 16.6. The number of fused-ring (bicyclic) bond motifs is 2. The number of esters is 1. The highest BCUT2D eigenvalue weighted by molar-refractivity contribution is 6.28. The number of Topliss-reactive ketones (excluding diaryl/α,β-unsaturated/α-hetero) is 2. The molecule has 14 heteroatoms. The highest BCUT2D eigenvalue weighted by Crippen LogP contribution is 2.50. The highest BCUT2D eigenvalue weighted by Gasteiger charge is 2.39. The second-order valence-electron chi connectivity index (χ2n) is 15.9. The van der Waals surface area contributed by atoms with Crippen LogP contribution in [0.5, 0.6) is 23.0 Å². The Kier molecular flexibility index (Phi) is 11.7. The molecule has 0 aromatic heterocycles. The van der Waals surface area contributed by atoms with Crippen molar-refractivity contribution >= 4 is 56.8 Å². The number of aromatic hydroxyl groups is 2. The zero-order valence-corrected chi connectivity index (χ0v) is 33.9. The average Bonchev–Trinajstić information content (AvgIpc) is 3.19. The van der Waals surface area contributed by atoms with Gasteiger partial charge in [-0.3, -0.25) is 14.4 Å². The first-order valence-electron chi connectivity index (χ1n) is 20.1. The summed E-state index contributed by atoms with van der Waals surface area (Å²) in [5, 5.41) is 36.0. The molecule has 0 radical (unpaired) electrons. The molecule has 3 N–H and O–H groups in total. The number of phenolic OH excluding ortho intramolecular Hbond substituents is 2. The van der Waals surface area contributed by atoms with E-state index in [1.165, 1.54) is 28.4 Å². The first-order valence-corrected chi connectivity index (χ1v) is 20.1. The fourth-order valence-electron chi connectivity index (χ4n) is 9.54. The lowest BCUT2D eigenvalue weighted by Crippen LogP contribution is -2.39. The highest BCUT2D eigenvalue weighted by atomic mass is 16.7. The van der Waals surface area contributed by atoms with Crippen molar-refractivity contribution in [1.29, 1.82) is 0 Å². The van der Waals surface area contributed by atoms with Gasteiger partial charge in [0.1, 0.15) is 29.8 Å². The molecular weight excluding hydrogens is 752 g/mol. The van der Waals surface area contributed by atoms with Gasteiger partial charge >= 0.3 is 12.1 Å². The largest absolute Gasteiger partial charge is 0.508 e. The molecule has 2 fully saturated rings. The molecule has 0 bridgehead atoms. The minimum Gasteiger partial charge on any atom is -0.504 e. The molecule has 14 nitrogen and oxygen atoms in total. The van der Waals surface area contributed by atoms with E-state index in [0.717, 1.165) is 32.1 Å². The van der Waals surface area contributed by atoms with Gasteiger partial charge in [0, 0.05) is 45.2 Å². The van der Waals surface area contributed by atoms with E-state index in [9.17, 15) is 34.5 Å². The number of methoxy groups -OCH3 is 4. The molecule has 4 aliphatic carbocycles. The summed E-state index contributed by atoms with van der Waals surface area (Å²) in [5.74, 6) is -1.86. The number of hydrogen-bond acceptors (Lipinski definition) is 14. The van der Waals surface area contributed by atoms with Gasteiger partial charge < -0.3 is 48.5 Å². The van der Waals surface area contributed by atoms with Crippen LogP contribution in [-0.4, -0.2) is 91.9 Å². The number of aliphatic hydroxyl groups excluding tert-OH is 1. The minimum atomic E-state index is -0.903. The molecule has 0 heterocycles. The maximum Gasteiger partial charge on any atom is 0.508 e. The number of ether oxygens (including phenoxy) is 7. The zero-order chi connectivity index (χ0) is 41.6. The lowest BCUT2D eigenvalue weighted by molar-refractivity contribution is -0.154. The van der Waals surface area contributed by atoms with Gasteiger partial charge in [0.05, 0.1) is 64.4 Å². The van der Waals surface area contributed by atoms with E-state index in [-0.39, 0.29) is 77.1 Å². The predicted molar refractivity (Wildman–Crippen MR) is 211 cm³/mol. The SMILES string of the molecule is COC1=c2c3c4c(c(O)c(OC)c(C[C@@H](C)OC(=O)C5CCCCC5)c4c4c(C[C@@H](C)OC(=O)OC5CCC(O)CC5)c(OC)c(O)c(c24)C(=O)C1)C(=O)CC=3OC. The quantitative estimate of drug-likeness (QED) is 0.153. The molecule has 0 spiro atoms. The minimum absolute atomic E-state index is 0.0115. The van der Waals surface area contributed by atoms with Crippen molar-refractivity contribution in [2.75, 3.05) is 28.4 Å². The van der Waals surface area contributed by atoms with E-state index in [2.05, 4.69) is 0 Å². The van der Waals surface area contributed by atoms with Crippen molar-refractivity contribution < 1.29 is 67.7 Å². The Bertz CT molecular complexity index is 2310. The monoisotopic (exact) mass is 804 g/mol. The van der Waals surface area contributed by atoms with Crippen molar-refractivity contribution in [1.82, 2.24) is 0 Å². The van der Waals surface area contributed by atoms with Crippen molar-refractivity contribution in [3.05, 3.63) is 32.7 Å². The molecule has 0 unspecified atom stereocenters. The first-order chi connectivity index (χ1) is 27.8. The molecule has 7 rings (SSSR count). The van der Waals surface area contributed by atoms with Crippen LogP contribution in [0.15, 0.2) is 0 Å².